The van der Waals surface area contributed by atoms with E-state index in [1.165, 1.54) is 11.0 Å². The summed E-state index contributed by atoms with van der Waals surface area (Å²) in [6.07, 6.45) is 1.62. The molecule has 3 amide bonds. The van der Waals surface area contributed by atoms with Gasteiger partial charge in [0.15, 0.2) is 5.76 Å². The third-order valence-corrected chi connectivity index (χ3v) is 4.93. The number of ether oxygens (including phenoxy) is 2. The van der Waals surface area contributed by atoms with Crippen molar-refractivity contribution in [2.24, 2.45) is 0 Å². The predicted octanol–water partition coefficient (Wildman–Crippen LogP) is 4.24. The molecule has 3 N–H and O–H groups in total. The summed E-state index contributed by atoms with van der Waals surface area (Å²) in [5, 5.41) is 11.8. The van der Waals surface area contributed by atoms with E-state index in [2.05, 4.69) is 5.32 Å². The van der Waals surface area contributed by atoms with Crippen LogP contribution in [0.15, 0.2) is 79.0 Å². The number of nitrogens with one attached hydrogen (secondary N) is 2. The minimum absolute atomic E-state index is 0.217. The monoisotopic (exact) mass is 431 g/mol. The van der Waals surface area contributed by atoms with Gasteiger partial charge in [-0.15, -0.1) is 0 Å². The fourth-order valence-corrected chi connectivity index (χ4v) is 3.24. The van der Waals surface area contributed by atoms with Crippen molar-refractivity contribution in [2.75, 3.05) is 12.4 Å². The van der Waals surface area contributed by atoms with E-state index in [0.717, 1.165) is 5.56 Å². The summed E-state index contributed by atoms with van der Waals surface area (Å²) in [7, 11) is 1.58. The van der Waals surface area contributed by atoms with Gasteiger partial charge in [-0.25, -0.2) is 10.3 Å². The van der Waals surface area contributed by atoms with Crippen molar-refractivity contribution in [3.8, 4) is 11.5 Å². The molecule has 0 unspecified atom stereocenters. The van der Waals surface area contributed by atoms with Crippen molar-refractivity contribution in [3.05, 3.63) is 95.7 Å². The van der Waals surface area contributed by atoms with E-state index in [1.807, 2.05) is 30.3 Å². The number of urea groups is 1. The number of hydrogen-bond donors (Lipinski definition) is 3. The molecule has 3 aromatic rings. The molecule has 4 rings (SSSR count). The number of benzene rings is 3. The van der Waals surface area contributed by atoms with Gasteiger partial charge in [-0.2, -0.15) is 0 Å². The highest BCUT2D eigenvalue weighted by molar-refractivity contribution is 5.94. The fraction of sp³-hybridized carbons (Fsp3) is 0.0833. The van der Waals surface area contributed by atoms with Gasteiger partial charge in [0.05, 0.1) is 19.9 Å². The van der Waals surface area contributed by atoms with E-state index < -0.39 is 5.91 Å². The van der Waals surface area contributed by atoms with E-state index in [9.17, 15) is 9.59 Å². The summed E-state index contributed by atoms with van der Waals surface area (Å²) in [5.41, 5.74) is 3.93. The summed E-state index contributed by atoms with van der Waals surface area (Å²) in [6.45, 7) is 0.217. The number of amides is 3. The lowest BCUT2D eigenvalue weighted by Crippen LogP contribution is -2.30. The zero-order chi connectivity index (χ0) is 22.5. The lowest BCUT2D eigenvalue weighted by Gasteiger charge is -2.18. The molecule has 0 atom stereocenters. The quantitative estimate of drug-likeness (QED) is 0.424. The highest BCUT2D eigenvalue weighted by Gasteiger charge is 2.22. The second kappa shape index (κ2) is 9.23. The van der Waals surface area contributed by atoms with E-state index in [1.54, 1.807) is 55.2 Å². The van der Waals surface area contributed by atoms with Crippen molar-refractivity contribution < 1.29 is 24.3 Å². The number of anilines is 1. The molecule has 0 bridgehead atoms. The molecule has 0 fully saturated rings. The highest BCUT2D eigenvalue weighted by Crippen LogP contribution is 2.31. The van der Waals surface area contributed by atoms with Crippen LogP contribution in [-0.4, -0.2) is 29.2 Å². The van der Waals surface area contributed by atoms with Crippen molar-refractivity contribution >= 4 is 23.4 Å². The first-order valence-corrected chi connectivity index (χ1v) is 9.81. The number of hydrogen-bond acceptors (Lipinski definition) is 5. The Balaban J connectivity index is 1.67. The average molecular weight is 431 g/mol. The van der Waals surface area contributed by atoms with Gasteiger partial charge < -0.3 is 14.8 Å². The molecule has 3 aromatic carbocycles. The molecule has 0 saturated heterocycles. The van der Waals surface area contributed by atoms with Crippen molar-refractivity contribution in [1.29, 1.82) is 0 Å². The van der Waals surface area contributed by atoms with Crippen LogP contribution in [0.5, 0.6) is 11.5 Å². The molecule has 0 aliphatic carbocycles. The first kappa shape index (κ1) is 21.0. The molecule has 0 saturated carbocycles. The standard InChI is InChI=1S/C24H21N3O5/c1-31-20-11-9-19(10-12-20)25-24(29)27-14-18-8-7-17(23(28)26-30)13-21(18)32-22(15-27)16-5-3-2-4-6-16/h2-13,15,30H,14H2,1H3,(H,25,29)(H,26,28). The summed E-state index contributed by atoms with van der Waals surface area (Å²) >= 11 is 0. The Hall–Kier alpha value is -4.30. The highest BCUT2D eigenvalue weighted by atomic mass is 16.5. The Morgan fingerprint density at radius 2 is 1.78 bits per heavy atom. The number of hydroxylamine groups is 1. The Morgan fingerprint density at radius 3 is 2.47 bits per heavy atom. The summed E-state index contributed by atoms with van der Waals surface area (Å²) in [6, 6.07) is 20.8. The third kappa shape index (κ3) is 4.55. The molecule has 0 aromatic heterocycles. The van der Waals surface area contributed by atoms with Gasteiger partial charge in [0.25, 0.3) is 5.91 Å². The van der Waals surface area contributed by atoms with Crippen molar-refractivity contribution in [3.63, 3.8) is 0 Å². The van der Waals surface area contributed by atoms with Crippen LogP contribution >= 0.6 is 0 Å². The summed E-state index contributed by atoms with van der Waals surface area (Å²) in [4.78, 5) is 26.4. The van der Waals surface area contributed by atoms with E-state index in [4.69, 9.17) is 14.7 Å². The topological polar surface area (TPSA) is 100 Å². The summed E-state index contributed by atoms with van der Waals surface area (Å²) < 4.78 is 11.3. The van der Waals surface area contributed by atoms with Crippen LogP contribution < -0.4 is 20.3 Å². The van der Waals surface area contributed by atoms with Crippen LogP contribution in [0.3, 0.4) is 0 Å². The number of nitrogens with zero attached hydrogens (tertiary/aromatic N) is 1. The molecule has 0 spiro atoms. The number of rotatable bonds is 4. The van der Waals surface area contributed by atoms with Crippen LogP contribution in [0.4, 0.5) is 10.5 Å². The molecule has 162 valence electrons. The van der Waals surface area contributed by atoms with Gasteiger partial charge in [-0.3, -0.25) is 14.9 Å². The van der Waals surface area contributed by atoms with Gasteiger partial charge in [0, 0.05) is 22.4 Å². The number of carbonyl (C=O) groups is 2. The molecule has 1 heterocycles. The van der Waals surface area contributed by atoms with Gasteiger partial charge in [-0.1, -0.05) is 36.4 Å². The van der Waals surface area contributed by atoms with E-state index >= 15 is 0 Å². The minimum atomic E-state index is -0.653. The SMILES string of the molecule is COc1ccc(NC(=O)N2C=C(c3ccccc3)Oc3cc(C(=O)NO)ccc3C2)cc1. The molecule has 1 aliphatic heterocycles. The predicted molar refractivity (Wildman–Crippen MR) is 118 cm³/mol. The lowest BCUT2D eigenvalue weighted by molar-refractivity contribution is 0.0706. The fourth-order valence-electron chi connectivity index (χ4n) is 3.24. The zero-order valence-electron chi connectivity index (χ0n) is 17.2. The first-order chi connectivity index (χ1) is 15.6. The second-order valence-corrected chi connectivity index (χ2v) is 7.01. The van der Waals surface area contributed by atoms with E-state index in [0.29, 0.717) is 28.5 Å². The Kier molecular flexibility index (Phi) is 6.05. The molecule has 0 radical (unpaired) electrons. The Bertz CT molecular complexity index is 1160. The van der Waals surface area contributed by atoms with Crippen LogP contribution in [0, 0.1) is 0 Å². The molecule has 1 aliphatic rings. The first-order valence-electron chi connectivity index (χ1n) is 9.81. The normalized spacial score (nSPS) is 12.6. The molecular formula is C24H21N3O5. The number of methoxy groups -OCH3 is 1. The molecule has 8 nitrogen and oxygen atoms in total. The number of carbonyl (C=O) groups excluding carboxylic acids is 2. The van der Waals surface area contributed by atoms with Gasteiger partial charge >= 0.3 is 6.03 Å². The molecule has 32 heavy (non-hydrogen) atoms. The average Bonchev–Trinajstić information content (AvgIpc) is 3.04. The Morgan fingerprint density at radius 1 is 1.03 bits per heavy atom. The van der Waals surface area contributed by atoms with Gasteiger partial charge in [0.1, 0.15) is 11.5 Å². The van der Waals surface area contributed by atoms with Crippen LogP contribution in [0.2, 0.25) is 0 Å². The zero-order valence-corrected chi connectivity index (χ0v) is 17.2. The van der Waals surface area contributed by atoms with Crippen LogP contribution in [0.1, 0.15) is 21.5 Å². The van der Waals surface area contributed by atoms with Crippen LogP contribution in [0.25, 0.3) is 5.76 Å². The molecule has 8 heteroatoms. The summed E-state index contributed by atoms with van der Waals surface area (Å²) in [5.74, 6) is 0.894. The van der Waals surface area contributed by atoms with Crippen molar-refractivity contribution in [1.82, 2.24) is 10.4 Å². The van der Waals surface area contributed by atoms with Gasteiger partial charge in [0.2, 0.25) is 0 Å². The Labute approximate surface area is 184 Å². The maximum atomic E-state index is 13.1. The minimum Gasteiger partial charge on any atom is -0.497 e. The smallest absolute Gasteiger partial charge is 0.326 e. The second-order valence-electron chi connectivity index (χ2n) is 7.01. The van der Waals surface area contributed by atoms with Gasteiger partial charge in [-0.05, 0) is 36.4 Å². The van der Waals surface area contributed by atoms with Crippen LogP contribution in [-0.2, 0) is 6.54 Å². The number of fused-ring (bicyclic) bond motifs is 1. The molecular weight excluding hydrogens is 410 g/mol. The largest absolute Gasteiger partial charge is 0.497 e. The van der Waals surface area contributed by atoms with E-state index in [-0.39, 0.29) is 18.1 Å². The maximum absolute atomic E-state index is 13.1. The third-order valence-electron chi connectivity index (χ3n) is 4.93. The van der Waals surface area contributed by atoms with Crippen molar-refractivity contribution in [2.45, 2.75) is 6.54 Å². The lowest BCUT2D eigenvalue weighted by atomic mass is 10.1. The maximum Gasteiger partial charge on any atom is 0.326 e.